The highest BCUT2D eigenvalue weighted by Crippen LogP contribution is 2.42. The maximum Gasteiger partial charge on any atom is 0.410 e. The Balaban J connectivity index is 1.31. The van der Waals surface area contributed by atoms with Crippen LogP contribution < -0.4 is 24.4 Å². The van der Waals surface area contributed by atoms with Crippen LogP contribution in [0.3, 0.4) is 0 Å². The van der Waals surface area contributed by atoms with Crippen LogP contribution in [-0.2, 0) is 16.6 Å². The lowest BCUT2D eigenvalue weighted by atomic mass is 9.86. The molecule has 0 spiro atoms. The van der Waals surface area contributed by atoms with Gasteiger partial charge in [-0.2, -0.15) is 15.0 Å². The lowest BCUT2D eigenvalue weighted by Gasteiger charge is -2.27. The zero-order valence-corrected chi connectivity index (χ0v) is 29.0. The highest BCUT2D eigenvalue weighted by molar-refractivity contribution is 7.11. The summed E-state index contributed by atoms with van der Waals surface area (Å²) < 4.78 is 22.9. The number of amides is 2. The van der Waals surface area contributed by atoms with Crippen molar-refractivity contribution in [3.8, 4) is 22.7 Å². The van der Waals surface area contributed by atoms with Gasteiger partial charge in [0.2, 0.25) is 17.7 Å². The zero-order chi connectivity index (χ0) is 33.4. The number of anilines is 2. The lowest BCUT2D eigenvalue weighted by molar-refractivity contribution is 0.0245. The minimum Gasteiger partial charge on any atom is -0.479 e. The van der Waals surface area contributed by atoms with Crippen molar-refractivity contribution in [2.45, 2.75) is 72.3 Å². The second kappa shape index (κ2) is 12.9. The molecule has 1 aliphatic heterocycles. The summed E-state index contributed by atoms with van der Waals surface area (Å²) in [4.78, 5) is 43.4. The molecule has 13 heteroatoms. The quantitative estimate of drug-likeness (QED) is 0.314. The van der Waals surface area contributed by atoms with E-state index in [9.17, 15) is 9.59 Å². The molecule has 46 heavy (non-hydrogen) atoms. The molecule has 1 saturated heterocycles. The van der Waals surface area contributed by atoms with Gasteiger partial charge >= 0.3 is 6.09 Å². The summed E-state index contributed by atoms with van der Waals surface area (Å²) in [5.41, 5.74) is 3.55. The molecule has 1 N–H and O–H groups in total. The Morgan fingerprint density at radius 1 is 1.04 bits per heavy atom. The van der Waals surface area contributed by atoms with Gasteiger partial charge in [0, 0.05) is 31.6 Å². The number of aryl methyl sites for hydroxylation is 2. The third-order valence-corrected chi connectivity index (χ3v) is 8.87. The van der Waals surface area contributed by atoms with Crippen molar-refractivity contribution in [2.75, 3.05) is 50.6 Å². The third-order valence-electron chi connectivity index (χ3n) is 8.16. The Morgan fingerprint density at radius 3 is 2.39 bits per heavy atom. The molecule has 3 heterocycles. The molecule has 1 aromatic carbocycles. The smallest absolute Gasteiger partial charge is 0.410 e. The Morgan fingerprint density at radius 2 is 1.74 bits per heavy atom. The number of hydrogen-bond donors (Lipinski definition) is 1. The first-order valence-corrected chi connectivity index (χ1v) is 16.4. The fourth-order valence-electron chi connectivity index (χ4n) is 5.82. The zero-order valence-electron chi connectivity index (χ0n) is 28.1. The van der Waals surface area contributed by atoms with E-state index < -0.39 is 11.5 Å². The van der Waals surface area contributed by atoms with Gasteiger partial charge in [0.15, 0.2) is 5.69 Å². The number of carbonyl (C=O) groups is 2. The van der Waals surface area contributed by atoms with Crippen molar-refractivity contribution < 1.29 is 28.5 Å². The van der Waals surface area contributed by atoms with Crippen molar-refractivity contribution in [3.63, 3.8) is 0 Å². The summed E-state index contributed by atoms with van der Waals surface area (Å²) in [6.45, 7) is 16.2. The minimum absolute atomic E-state index is 0.0940. The molecule has 2 amide bonds. The first kappa shape index (κ1) is 33.2. The van der Waals surface area contributed by atoms with E-state index in [1.54, 1.807) is 10.3 Å². The summed E-state index contributed by atoms with van der Waals surface area (Å²) in [7, 11) is 2.93. The molecule has 2 aromatic heterocycles. The van der Waals surface area contributed by atoms with E-state index in [1.807, 2.05) is 32.6 Å². The molecule has 0 radical (unpaired) electrons. The van der Waals surface area contributed by atoms with E-state index >= 15 is 0 Å². The number of fused-ring (bicyclic) bond motifs is 1. The molecule has 0 bridgehead atoms. The lowest BCUT2D eigenvalue weighted by Crippen LogP contribution is -2.40. The van der Waals surface area contributed by atoms with E-state index in [0.29, 0.717) is 37.3 Å². The van der Waals surface area contributed by atoms with Gasteiger partial charge < -0.3 is 34.1 Å². The Bertz CT molecular complexity index is 1590. The van der Waals surface area contributed by atoms with Crippen molar-refractivity contribution in [1.29, 1.82) is 0 Å². The molecule has 12 nitrogen and oxygen atoms in total. The fourth-order valence-corrected chi connectivity index (χ4v) is 6.48. The summed E-state index contributed by atoms with van der Waals surface area (Å²) >= 11 is 1.24. The molecule has 248 valence electrons. The molecule has 5 rings (SSSR count). The van der Waals surface area contributed by atoms with Crippen LogP contribution in [0, 0.1) is 12.8 Å². The van der Waals surface area contributed by atoms with Gasteiger partial charge in [-0.25, -0.2) is 4.79 Å². The van der Waals surface area contributed by atoms with E-state index in [2.05, 4.69) is 53.2 Å². The first-order chi connectivity index (χ1) is 21.7. The Kier molecular flexibility index (Phi) is 9.35. The molecular weight excluding hydrogens is 608 g/mol. The second-order valence-electron chi connectivity index (χ2n) is 13.6. The Labute approximate surface area is 274 Å². The van der Waals surface area contributed by atoms with Gasteiger partial charge in [0.25, 0.3) is 11.1 Å². The van der Waals surface area contributed by atoms with Crippen LogP contribution in [0.4, 0.5) is 16.4 Å². The summed E-state index contributed by atoms with van der Waals surface area (Å²) in [6.07, 6.45) is 1.82. The second-order valence-corrected chi connectivity index (χ2v) is 14.4. The van der Waals surface area contributed by atoms with Crippen LogP contribution in [0.25, 0.3) is 0 Å². The summed E-state index contributed by atoms with van der Waals surface area (Å²) in [5.74, 6) is 1.00. The van der Waals surface area contributed by atoms with Crippen LogP contribution in [0.2, 0.25) is 0 Å². The van der Waals surface area contributed by atoms with Crippen molar-refractivity contribution in [1.82, 2.24) is 19.9 Å². The largest absolute Gasteiger partial charge is 0.479 e. The van der Waals surface area contributed by atoms with Crippen LogP contribution in [-0.4, -0.2) is 77.9 Å². The average Bonchev–Trinajstić information content (AvgIpc) is 3.50. The topological polar surface area (TPSA) is 128 Å². The molecule has 2 aliphatic rings. The number of methoxy groups -OCH3 is 2. The third kappa shape index (κ3) is 7.30. The van der Waals surface area contributed by atoms with Gasteiger partial charge in [0.05, 0.1) is 14.2 Å². The molecular formula is C33H44N6O6S. The van der Waals surface area contributed by atoms with Gasteiger partial charge in [-0.15, -0.1) is 0 Å². The number of aromatic nitrogens is 3. The molecule has 1 unspecified atom stereocenters. The number of thiazole rings is 1. The van der Waals surface area contributed by atoms with E-state index in [4.69, 9.17) is 18.9 Å². The minimum atomic E-state index is -0.581. The van der Waals surface area contributed by atoms with Gasteiger partial charge in [-0.3, -0.25) is 4.79 Å². The molecule has 1 fully saturated rings. The fraction of sp³-hybridized carbons (Fsp3) is 0.545. The standard InChI is InChI=1S/C33H44N6O6S/c1-19-16-38(12-13-39(17-19)31(41)45-32(3,4)5)29-36-27(42-8)25(28(37-29)43-9)35-26(40)23-18-46-30(34-23)44-24-15-22-21(14-20(24)2)10-11-33(22,6)7/h14-15,18-19H,10-13,16-17H2,1-9H3,(H,35,40). The molecule has 3 aromatic rings. The van der Waals surface area contributed by atoms with Crippen molar-refractivity contribution in [3.05, 3.63) is 39.9 Å². The van der Waals surface area contributed by atoms with Gasteiger partial charge in [0.1, 0.15) is 17.0 Å². The number of rotatable bonds is 7. The first-order valence-electron chi connectivity index (χ1n) is 15.5. The average molecular weight is 653 g/mol. The van der Waals surface area contributed by atoms with E-state index in [-0.39, 0.29) is 40.6 Å². The number of nitrogens with one attached hydrogen (secondary N) is 1. The van der Waals surface area contributed by atoms with Gasteiger partial charge in [-0.05, 0) is 74.6 Å². The normalized spacial score (nSPS) is 17.6. The highest BCUT2D eigenvalue weighted by Gasteiger charge is 2.32. The van der Waals surface area contributed by atoms with Crippen LogP contribution in [0.1, 0.15) is 75.1 Å². The number of carbonyl (C=O) groups excluding carboxylic acids is 2. The van der Waals surface area contributed by atoms with Crippen LogP contribution in [0.5, 0.6) is 22.7 Å². The number of nitrogens with zero attached hydrogens (tertiary/aromatic N) is 5. The van der Waals surface area contributed by atoms with Crippen molar-refractivity contribution in [2.24, 2.45) is 5.92 Å². The molecule has 1 aliphatic carbocycles. The predicted octanol–water partition coefficient (Wildman–Crippen LogP) is 6.22. The number of hydrogen-bond acceptors (Lipinski definition) is 11. The number of benzene rings is 1. The molecule has 1 atom stereocenters. The van der Waals surface area contributed by atoms with E-state index in [0.717, 1.165) is 24.2 Å². The summed E-state index contributed by atoms with van der Waals surface area (Å²) in [5, 5.41) is 4.82. The van der Waals surface area contributed by atoms with Crippen molar-refractivity contribution >= 4 is 35.0 Å². The maximum absolute atomic E-state index is 13.3. The Hall–Kier alpha value is -4.13. The summed E-state index contributed by atoms with van der Waals surface area (Å²) in [6, 6.07) is 4.29. The predicted molar refractivity (Wildman–Crippen MR) is 177 cm³/mol. The van der Waals surface area contributed by atoms with E-state index in [1.165, 1.54) is 36.7 Å². The van der Waals surface area contributed by atoms with Crippen LogP contribution in [0.15, 0.2) is 17.5 Å². The monoisotopic (exact) mass is 652 g/mol. The van der Waals surface area contributed by atoms with Gasteiger partial charge in [-0.1, -0.05) is 38.2 Å². The highest BCUT2D eigenvalue weighted by atomic mass is 32.1. The number of ether oxygens (including phenoxy) is 4. The van der Waals surface area contributed by atoms with Crippen LogP contribution >= 0.6 is 11.3 Å². The maximum atomic E-state index is 13.3. The molecule has 0 saturated carbocycles. The SMILES string of the molecule is COc1nc(N2CCN(C(=O)OC(C)(C)C)CC(C)C2)nc(OC)c1NC(=O)c1csc(Oc2cc3c(cc2C)CCC3(C)C)n1.